The first-order valence-corrected chi connectivity index (χ1v) is 8.62. The summed E-state index contributed by atoms with van der Waals surface area (Å²) in [5.74, 6) is 1.34. The van der Waals surface area contributed by atoms with E-state index in [9.17, 15) is 9.59 Å². The van der Waals surface area contributed by atoms with Crippen molar-refractivity contribution in [3.8, 4) is 0 Å². The van der Waals surface area contributed by atoms with E-state index in [1.807, 2.05) is 6.92 Å². The third-order valence-corrected chi connectivity index (χ3v) is 3.80. The molecule has 0 aliphatic heterocycles. The van der Waals surface area contributed by atoms with E-state index in [1.165, 1.54) is 0 Å². The number of hydrogen-bond donors (Lipinski definition) is 1. The third kappa shape index (κ3) is 6.47. The number of amides is 2. The molecule has 5 nitrogen and oxygen atoms in total. The van der Waals surface area contributed by atoms with Crippen LogP contribution in [0.4, 0.5) is 0 Å². The molecular formula is C18H30N2O3. The van der Waals surface area contributed by atoms with E-state index >= 15 is 0 Å². The highest BCUT2D eigenvalue weighted by molar-refractivity contribution is 5.95. The van der Waals surface area contributed by atoms with Crippen LogP contribution in [-0.2, 0) is 4.79 Å². The van der Waals surface area contributed by atoms with Crippen molar-refractivity contribution in [2.24, 2.45) is 0 Å². The Labute approximate surface area is 139 Å². The summed E-state index contributed by atoms with van der Waals surface area (Å²) < 4.78 is 5.45. The van der Waals surface area contributed by atoms with Gasteiger partial charge in [0.15, 0.2) is 0 Å². The van der Waals surface area contributed by atoms with Crippen LogP contribution in [0.2, 0.25) is 0 Å². The van der Waals surface area contributed by atoms with E-state index in [-0.39, 0.29) is 11.8 Å². The molecule has 0 fully saturated rings. The van der Waals surface area contributed by atoms with Gasteiger partial charge in [-0.3, -0.25) is 9.59 Å². The zero-order valence-electron chi connectivity index (χ0n) is 14.9. The predicted octanol–water partition coefficient (Wildman–Crippen LogP) is 3.45. The maximum Gasteiger partial charge on any atom is 0.257 e. The van der Waals surface area contributed by atoms with E-state index in [0.717, 1.165) is 31.4 Å². The first-order chi connectivity index (χ1) is 11.0. The molecule has 23 heavy (non-hydrogen) atoms. The van der Waals surface area contributed by atoms with E-state index < -0.39 is 0 Å². The van der Waals surface area contributed by atoms with Gasteiger partial charge in [0.2, 0.25) is 5.91 Å². The molecule has 2 amide bonds. The molecule has 0 aliphatic carbocycles. The van der Waals surface area contributed by atoms with Crippen LogP contribution in [0.25, 0.3) is 0 Å². The van der Waals surface area contributed by atoms with Crippen LogP contribution in [0.5, 0.6) is 0 Å². The van der Waals surface area contributed by atoms with Crippen LogP contribution < -0.4 is 5.32 Å². The fraction of sp³-hybridized carbons (Fsp3) is 0.667. The lowest BCUT2D eigenvalue weighted by Crippen LogP contribution is -2.36. The van der Waals surface area contributed by atoms with Crippen molar-refractivity contribution in [1.29, 1.82) is 0 Å². The quantitative estimate of drug-likeness (QED) is 0.671. The smallest absolute Gasteiger partial charge is 0.257 e. The molecule has 5 heteroatoms. The minimum Gasteiger partial charge on any atom is -0.466 e. The van der Waals surface area contributed by atoms with Crippen molar-refractivity contribution >= 4 is 11.8 Å². The van der Waals surface area contributed by atoms with Crippen LogP contribution in [0.15, 0.2) is 10.5 Å². The first kappa shape index (κ1) is 19.3. The summed E-state index contributed by atoms with van der Waals surface area (Å²) in [6.45, 7) is 9.64. The Morgan fingerprint density at radius 3 is 2.39 bits per heavy atom. The van der Waals surface area contributed by atoms with Crippen LogP contribution >= 0.6 is 0 Å². The van der Waals surface area contributed by atoms with Crippen LogP contribution in [0, 0.1) is 13.8 Å². The zero-order valence-corrected chi connectivity index (χ0v) is 14.9. The lowest BCUT2D eigenvalue weighted by molar-refractivity contribution is -0.121. The number of hydrogen-bond acceptors (Lipinski definition) is 3. The van der Waals surface area contributed by atoms with E-state index in [1.54, 1.807) is 17.9 Å². The van der Waals surface area contributed by atoms with Crippen LogP contribution in [0.3, 0.4) is 0 Å². The van der Waals surface area contributed by atoms with Gasteiger partial charge in [-0.25, -0.2) is 0 Å². The van der Waals surface area contributed by atoms with Gasteiger partial charge in [0.25, 0.3) is 5.91 Å². The molecule has 1 heterocycles. The number of carbonyl (C=O) groups is 2. The molecule has 0 unspecified atom stereocenters. The zero-order chi connectivity index (χ0) is 17.2. The van der Waals surface area contributed by atoms with Gasteiger partial charge in [0.1, 0.15) is 11.5 Å². The van der Waals surface area contributed by atoms with Gasteiger partial charge < -0.3 is 14.6 Å². The highest BCUT2D eigenvalue weighted by atomic mass is 16.3. The van der Waals surface area contributed by atoms with Crippen molar-refractivity contribution in [1.82, 2.24) is 10.2 Å². The predicted molar refractivity (Wildman–Crippen MR) is 91.5 cm³/mol. The van der Waals surface area contributed by atoms with Crippen molar-refractivity contribution in [3.63, 3.8) is 0 Å². The Bertz CT molecular complexity index is 508. The topological polar surface area (TPSA) is 62.6 Å². The van der Waals surface area contributed by atoms with Gasteiger partial charge in [-0.2, -0.15) is 0 Å². The SMILES string of the molecule is CCCCNC(=O)CCN(CCCC)C(=O)c1cc(C)oc1C. The summed E-state index contributed by atoms with van der Waals surface area (Å²) in [7, 11) is 0. The van der Waals surface area contributed by atoms with Crippen LogP contribution in [0.1, 0.15) is 67.8 Å². The number of aryl methyl sites for hydroxylation is 2. The van der Waals surface area contributed by atoms with Crippen molar-refractivity contribution in [2.75, 3.05) is 19.6 Å². The van der Waals surface area contributed by atoms with Crippen molar-refractivity contribution in [2.45, 2.75) is 59.8 Å². The highest BCUT2D eigenvalue weighted by Gasteiger charge is 2.20. The Morgan fingerprint density at radius 1 is 1.13 bits per heavy atom. The Hall–Kier alpha value is -1.78. The number of carbonyl (C=O) groups excluding carboxylic acids is 2. The van der Waals surface area contributed by atoms with Gasteiger partial charge in [0.05, 0.1) is 5.56 Å². The molecule has 0 atom stereocenters. The molecule has 1 rings (SSSR count). The molecule has 0 saturated heterocycles. The van der Waals surface area contributed by atoms with Gasteiger partial charge in [0, 0.05) is 26.1 Å². The van der Waals surface area contributed by atoms with Gasteiger partial charge in [-0.15, -0.1) is 0 Å². The monoisotopic (exact) mass is 322 g/mol. The average Bonchev–Trinajstić information content (AvgIpc) is 2.85. The molecule has 1 aromatic heterocycles. The molecule has 0 saturated carbocycles. The number of rotatable bonds is 10. The molecule has 0 bridgehead atoms. The fourth-order valence-electron chi connectivity index (χ4n) is 2.41. The Morgan fingerprint density at radius 2 is 1.83 bits per heavy atom. The fourth-order valence-corrected chi connectivity index (χ4v) is 2.41. The van der Waals surface area contributed by atoms with Gasteiger partial charge in [-0.05, 0) is 32.8 Å². The summed E-state index contributed by atoms with van der Waals surface area (Å²) in [6.07, 6.45) is 4.32. The van der Waals surface area contributed by atoms with Crippen LogP contribution in [-0.4, -0.2) is 36.3 Å². The molecule has 1 N–H and O–H groups in total. The largest absolute Gasteiger partial charge is 0.466 e. The maximum absolute atomic E-state index is 12.7. The first-order valence-electron chi connectivity index (χ1n) is 8.62. The van der Waals surface area contributed by atoms with Gasteiger partial charge in [-0.1, -0.05) is 26.7 Å². The second-order valence-electron chi connectivity index (χ2n) is 5.93. The summed E-state index contributed by atoms with van der Waals surface area (Å²) in [4.78, 5) is 26.3. The van der Waals surface area contributed by atoms with E-state index in [4.69, 9.17) is 4.42 Å². The summed E-state index contributed by atoms with van der Waals surface area (Å²) in [6, 6.07) is 1.78. The average molecular weight is 322 g/mol. The molecular weight excluding hydrogens is 292 g/mol. The lowest BCUT2D eigenvalue weighted by Gasteiger charge is -2.22. The van der Waals surface area contributed by atoms with E-state index in [0.29, 0.717) is 37.4 Å². The second-order valence-corrected chi connectivity index (χ2v) is 5.93. The third-order valence-electron chi connectivity index (χ3n) is 3.80. The number of nitrogens with zero attached hydrogens (tertiary/aromatic N) is 1. The Kier molecular flexibility index (Phi) is 8.45. The van der Waals surface area contributed by atoms with Gasteiger partial charge >= 0.3 is 0 Å². The summed E-state index contributed by atoms with van der Waals surface area (Å²) in [5.41, 5.74) is 0.602. The van der Waals surface area contributed by atoms with Crippen molar-refractivity contribution < 1.29 is 14.0 Å². The van der Waals surface area contributed by atoms with E-state index in [2.05, 4.69) is 19.2 Å². The number of nitrogens with one attached hydrogen (secondary N) is 1. The molecule has 0 spiro atoms. The highest BCUT2D eigenvalue weighted by Crippen LogP contribution is 2.16. The second kappa shape index (κ2) is 10.1. The molecule has 0 radical (unpaired) electrons. The number of furan rings is 1. The normalized spacial score (nSPS) is 10.6. The summed E-state index contributed by atoms with van der Waals surface area (Å²) in [5, 5.41) is 2.89. The van der Waals surface area contributed by atoms with Crippen molar-refractivity contribution in [3.05, 3.63) is 23.2 Å². The minimum atomic E-state index is -0.0471. The Balaban J connectivity index is 2.63. The molecule has 0 aromatic carbocycles. The summed E-state index contributed by atoms with van der Waals surface area (Å²) >= 11 is 0. The maximum atomic E-state index is 12.7. The molecule has 130 valence electrons. The molecule has 0 aliphatic rings. The molecule has 1 aromatic rings. The lowest BCUT2D eigenvalue weighted by atomic mass is 10.2. The standard InChI is InChI=1S/C18H30N2O3/c1-5-7-10-19-17(21)9-12-20(11-8-6-2)18(22)16-13-14(3)23-15(16)4/h13H,5-12H2,1-4H3,(H,19,21). The number of unbranched alkanes of at least 4 members (excludes halogenated alkanes) is 2. The minimum absolute atomic E-state index is 0.00726.